The van der Waals surface area contributed by atoms with Gasteiger partial charge in [-0.3, -0.25) is 4.74 Å². The molecule has 5 heteroatoms. The van der Waals surface area contributed by atoms with Crippen molar-refractivity contribution in [1.29, 1.82) is 0 Å². The lowest BCUT2D eigenvalue weighted by Gasteiger charge is -2.03. The van der Waals surface area contributed by atoms with Crippen molar-refractivity contribution in [3.05, 3.63) is 0 Å². The van der Waals surface area contributed by atoms with Crippen LogP contribution in [0.1, 0.15) is 0 Å². The first-order valence-electron chi connectivity index (χ1n) is 1.88. The Hall–Kier alpha value is -0.290. The predicted molar refractivity (Wildman–Crippen MR) is 19.1 cm³/mol. The molecule has 0 amide bonds. The van der Waals surface area contributed by atoms with Crippen molar-refractivity contribution in [2.45, 2.75) is 6.36 Å². The fourth-order valence-corrected chi connectivity index (χ4v) is 0.161. The van der Waals surface area contributed by atoms with Gasteiger partial charge in [0.15, 0.2) is 0 Å². The van der Waals surface area contributed by atoms with Crippen LogP contribution in [0.2, 0.25) is 0 Å². The van der Waals surface area contributed by atoms with Gasteiger partial charge in [0, 0.05) is 0 Å². The van der Waals surface area contributed by atoms with E-state index in [9.17, 15) is 13.2 Å². The standard InChI is InChI=1S/C3H5F3O2/c4-3(5,6)8-2-1-7/h7H,1-2H2. The molecule has 2 nitrogen and oxygen atoms in total. The zero-order valence-electron chi connectivity index (χ0n) is 3.90. The van der Waals surface area contributed by atoms with Gasteiger partial charge in [-0.15, -0.1) is 13.2 Å². The van der Waals surface area contributed by atoms with Crippen LogP contribution >= 0.6 is 0 Å². The van der Waals surface area contributed by atoms with Crippen LogP contribution in [-0.2, 0) is 4.74 Å². The Bertz CT molecular complexity index is 60.0. The minimum Gasteiger partial charge on any atom is -0.394 e. The van der Waals surface area contributed by atoms with E-state index in [1.807, 2.05) is 0 Å². The molecule has 0 saturated heterocycles. The van der Waals surface area contributed by atoms with Gasteiger partial charge in [0.2, 0.25) is 0 Å². The summed E-state index contributed by atoms with van der Waals surface area (Å²) >= 11 is 0. The molecule has 0 spiro atoms. The Morgan fingerprint density at radius 3 is 2.00 bits per heavy atom. The molecule has 0 fully saturated rings. The normalized spacial score (nSPS) is 12.0. The van der Waals surface area contributed by atoms with Gasteiger partial charge < -0.3 is 5.11 Å². The number of hydrogen-bond donors (Lipinski definition) is 1. The Morgan fingerprint density at radius 2 is 1.88 bits per heavy atom. The maximum absolute atomic E-state index is 10.9. The van der Waals surface area contributed by atoms with Crippen LogP contribution in [0.5, 0.6) is 0 Å². The van der Waals surface area contributed by atoms with Crippen molar-refractivity contribution in [1.82, 2.24) is 0 Å². The van der Waals surface area contributed by atoms with Gasteiger partial charge in [-0.2, -0.15) is 0 Å². The molecule has 0 aromatic carbocycles. The summed E-state index contributed by atoms with van der Waals surface area (Å²) in [5.74, 6) is 0. The summed E-state index contributed by atoms with van der Waals surface area (Å²) in [7, 11) is 0. The summed E-state index contributed by atoms with van der Waals surface area (Å²) in [6.07, 6.45) is -4.61. The molecule has 1 N–H and O–H groups in total. The first kappa shape index (κ1) is 7.71. The molecule has 8 heavy (non-hydrogen) atoms. The van der Waals surface area contributed by atoms with Gasteiger partial charge >= 0.3 is 6.36 Å². The average Bonchev–Trinajstić information content (AvgIpc) is 1.59. The third-order valence-electron chi connectivity index (χ3n) is 0.357. The number of hydrogen-bond acceptors (Lipinski definition) is 2. The fourth-order valence-electron chi connectivity index (χ4n) is 0.161. The zero-order valence-corrected chi connectivity index (χ0v) is 3.90. The number of alkyl halides is 3. The van der Waals surface area contributed by atoms with Crippen LogP contribution in [0.4, 0.5) is 13.2 Å². The van der Waals surface area contributed by atoms with E-state index in [-0.39, 0.29) is 0 Å². The van der Waals surface area contributed by atoms with Crippen molar-refractivity contribution >= 4 is 0 Å². The van der Waals surface area contributed by atoms with Gasteiger partial charge in [-0.25, -0.2) is 0 Å². The van der Waals surface area contributed by atoms with E-state index in [1.54, 1.807) is 0 Å². The smallest absolute Gasteiger partial charge is 0.394 e. The highest BCUT2D eigenvalue weighted by molar-refractivity contribution is 4.27. The number of aliphatic hydroxyl groups is 1. The second-order valence-corrected chi connectivity index (χ2v) is 1.02. The van der Waals surface area contributed by atoms with Crippen molar-refractivity contribution in [3.63, 3.8) is 0 Å². The van der Waals surface area contributed by atoms with Gasteiger partial charge in [0.05, 0.1) is 13.2 Å². The lowest BCUT2D eigenvalue weighted by molar-refractivity contribution is -0.326. The highest BCUT2D eigenvalue weighted by Gasteiger charge is 2.28. The molecular weight excluding hydrogens is 125 g/mol. The van der Waals surface area contributed by atoms with Crippen LogP contribution in [0.15, 0.2) is 0 Å². The molecule has 0 saturated carbocycles. The molecule has 0 aromatic rings. The number of rotatable bonds is 2. The second-order valence-electron chi connectivity index (χ2n) is 1.02. The third kappa shape index (κ3) is 5.71. The summed E-state index contributed by atoms with van der Waals surface area (Å²) in [6.45, 7) is -1.30. The minimum atomic E-state index is -4.61. The summed E-state index contributed by atoms with van der Waals surface area (Å²) in [4.78, 5) is 0. The monoisotopic (exact) mass is 130 g/mol. The van der Waals surface area contributed by atoms with Crippen LogP contribution in [0.25, 0.3) is 0 Å². The molecule has 0 unspecified atom stereocenters. The number of ether oxygens (including phenoxy) is 1. The Morgan fingerprint density at radius 1 is 1.38 bits per heavy atom. The quantitative estimate of drug-likeness (QED) is 0.590. The molecule has 0 atom stereocenters. The summed E-state index contributed by atoms with van der Waals surface area (Å²) in [5, 5.41) is 7.80. The van der Waals surface area contributed by atoms with Crippen LogP contribution in [-0.4, -0.2) is 24.7 Å². The largest absolute Gasteiger partial charge is 0.522 e. The Balaban J connectivity index is 3.11. The molecule has 0 bridgehead atoms. The van der Waals surface area contributed by atoms with Crippen molar-refractivity contribution in [2.75, 3.05) is 13.2 Å². The van der Waals surface area contributed by atoms with E-state index in [2.05, 4.69) is 4.74 Å². The van der Waals surface area contributed by atoms with E-state index in [0.717, 1.165) is 0 Å². The SMILES string of the molecule is OCCOC(F)(F)F. The lowest BCUT2D eigenvalue weighted by atomic mass is 10.8. The molecule has 50 valence electrons. The fraction of sp³-hybridized carbons (Fsp3) is 1.00. The molecule has 0 aliphatic carbocycles. The van der Waals surface area contributed by atoms with Crippen LogP contribution in [0, 0.1) is 0 Å². The van der Waals surface area contributed by atoms with Crippen molar-refractivity contribution in [3.8, 4) is 0 Å². The van der Waals surface area contributed by atoms with Crippen LogP contribution < -0.4 is 0 Å². The molecule has 0 rings (SSSR count). The van der Waals surface area contributed by atoms with E-state index in [0.29, 0.717) is 0 Å². The van der Waals surface area contributed by atoms with Gasteiger partial charge in [0.1, 0.15) is 0 Å². The van der Waals surface area contributed by atoms with E-state index >= 15 is 0 Å². The number of aliphatic hydroxyl groups excluding tert-OH is 1. The Labute approximate surface area is 43.9 Å². The second kappa shape index (κ2) is 2.88. The average molecular weight is 130 g/mol. The molecule has 0 aliphatic rings. The van der Waals surface area contributed by atoms with E-state index < -0.39 is 19.6 Å². The van der Waals surface area contributed by atoms with Crippen LogP contribution in [0.3, 0.4) is 0 Å². The van der Waals surface area contributed by atoms with E-state index in [4.69, 9.17) is 5.11 Å². The summed E-state index contributed by atoms with van der Waals surface area (Å²) in [5.41, 5.74) is 0. The zero-order chi connectivity index (χ0) is 6.62. The van der Waals surface area contributed by atoms with Gasteiger partial charge in [0.25, 0.3) is 0 Å². The molecular formula is C3H5F3O2. The molecule has 0 aliphatic heterocycles. The first-order chi connectivity index (χ1) is 3.56. The first-order valence-corrected chi connectivity index (χ1v) is 1.88. The molecule has 0 radical (unpaired) electrons. The van der Waals surface area contributed by atoms with E-state index in [1.165, 1.54) is 0 Å². The van der Waals surface area contributed by atoms with Crippen molar-refractivity contribution in [2.24, 2.45) is 0 Å². The highest BCUT2D eigenvalue weighted by Crippen LogP contribution is 2.14. The van der Waals surface area contributed by atoms with Crippen molar-refractivity contribution < 1.29 is 23.0 Å². The summed E-state index contributed by atoms with van der Waals surface area (Å²) < 4.78 is 35.9. The Kier molecular flexibility index (Phi) is 2.78. The third-order valence-corrected chi connectivity index (χ3v) is 0.357. The van der Waals surface area contributed by atoms with Gasteiger partial charge in [-0.1, -0.05) is 0 Å². The lowest BCUT2D eigenvalue weighted by Crippen LogP contribution is -2.15. The molecule has 0 aromatic heterocycles. The number of halogens is 3. The summed E-state index contributed by atoms with van der Waals surface area (Å²) in [6, 6.07) is 0. The molecule has 0 heterocycles. The maximum Gasteiger partial charge on any atom is 0.522 e. The predicted octanol–water partition coefficient (Wildman–Crippen LogP) is 0.515. The maximum atomic E-state index is 10.9. The topological polar surface area (TPSA) is 29.5 Å². The van der Waals surface area contributed by atoms with Gasteiger partial charge in [-0.05, 0) is 0 Å². The highest BCUT2D eigenvalue weighted by atomic mass is 19.4. The minimum absolute atomic E-state index is 0.612.